The van der Waals surface area contributed by atoms with Crippen LogP contribution in [0.4, 0.5) is 11.4 Å². The third kappa shape index (κ3) is 4.96. The molecule has 1 aliphatic heterocycles. The maximum atomic E-state index is 12.1. The number of hydrogen-bond acceptors (Lipinski definition) is 4. The number of carbonyl (C=O) groups excluding carboxylic acids is 1. The Morgan fingerprint density at radius 2 is 1.86 bits per heavy atom. The number of likely N-dealkylation sites (tertiary alicyclic amines) is 1. The molecular weight excluding hydrogens is 306 g/mol. The lowest BCUT2D eigenvalue weighted by Gasteiger charge is -2.23. The lowest BCUT2D eigenvalue weighted by molar-refractivity contribution is -0.383. The van der Waals surface area contributed by atoms with E-state index in [1.54, 1.807) is 0 Å². The summed E-state index contributed by atoms with van der Waals surface area (Å²) < 4.78 is 0. The minimum Gasteiger partial charge on any atom is -0.319 e. The Hall–Kier alpha value is -1.66. The first-order chi connectivity index (χ1) is 10.6. The first-order valence-electron chi connectivity index (χ1n) is 7.52. The molecule has 1 heterocycles. The van der Waals surface area contributed by atoms with Crippen molar-refractivity contribution in [3.63, 3.8) is 0 Å². The lowest BCUT2D eigenvalue weighted by Crippen LogP contribution is -2.35. The quantitative estimate of drug-likeness (QED) is 0.679. The molecule has 6 nitrogen and oxygen atoms in total. The van der Waals surface area contributed by atoms with E-state index in [-0.39, 0.29) is 23.8 Å². The van der Waals surface area contributed by atoms with Gasteiger partial charge < -0.3 is 5.32 Å². The van der Waals surface area contributed by atoms with E-state index in [2.05, 4.69) is 10.2 Å². The standard InChI is InChI=1S/C15H20ClN3O3/c16-12-6-7-14(19(21)22)13(10-12)17-15(20)11-18-8-4-2-1-3-5-9-18/h6-7,10H,1-5,8-9,11H2,(H,17,20). The van der Waals surface area contributed by atoms with Crippen LogP contribution in [0.5, 0.6) is 0 Å². The summed E-state index contributed by atoms with van der Waals surface area (Å²) >= 11 is 5.85. The van der Waals surface area contributed by atoms with Gasteiger partial charge in [0.1, 0.15) is 5.69 Å². The number of nitrogens with zero attached hydrogens (tertiary/aromatic N) is 2. The average Bonchev–Trinajstić information content (AvgIpc) is 2.41. The van der Waals surface area contributed by atoms with Gasteiger partial charge in [0.25, 0.3) is 5.69 Å². The fraction of sp³-hybridized carbons (Fsp3) is 0.533. The molecule has 22 heavy (non-hydrogen) atoms. The van der Waals surface area contributed by atoms with Crippen LogP contribution in [0.15, 0.2) is 18.2 Å². The highest BCUT2D eigenvalue weighted by Gasteiger charge is 2.18. The summed E-state index contributed by atoms with van der Waals surface area (Å²) in [6.45, 7) is 2.04. The van der Waals surface area contributed by atoms with Crippen molar-refractivity contribution < 1.29 is 9.72 Å². The molecule has 0 aliphatic carbocycles. The predicted molar refractivity (Wildman–Crippen MR) is 86.3 cm³/mol. The van der Waals surface area contributed by atoms with E-state index >= 15 is 0 Å². The van der Waals surface area contributed by atoms with Crippen LogP contribution in [0.3, 0.4) is 0 Å². The lowest BCUT2D eigenvalue weighted by atomic mass is 10.1. The normalized spacial score (nSPS) is 16.6. The third-order valence-corrected chi connectivity index (χ3v) is 3.98. The highest BCUT2D eigenvalue weighted by atomic mass is 35.5. The Morgan fingerprint density at radius 3 is 2.50 bits per heavy atom. The molecule has 0 aromatic heterocycles. The van der Waals surface area contributed by atoms with Crippen LogP contribution in [0, 0.1) is 10.1 Å². The number of hydrogen-bond donors (Lipinski definition) is 1. The number of rotatable bonds is 4. The summed E-state index contributed by atoms with van der Waals surface area (Å²) in [6.07, 6.45) is 5.82. The van der Waals surface area contributed by atoms with Crippen LogP contribution in [0.2, 0.25) is 5.02 Å². The smallest absolute Gasteiger partial charge is 0.292 e. The zero-order chi connectivity index (χ0) is 15.9. The van der Waals surface area contributed by atoms with E-state index in [4.69, 9.17) is 11.6 Å². The van der Waals surface area contributed by atoms with Crippen molar-refractivity contribution in [3.8, 4) is 0 Å². The van der Waals surface area contributed by atoms with Gasteiger partial charge in [0.15, 0.2) is 0 Å². The number of anilines is 1. The minimum absolute atomic E-state index is 0.148. The Bertz CT molecular complexity index is 543. The van der Waals surface area contributed by atoms with Crippen LogP contribution in [-0.4, -0.2) is 35.4 Å². The molecule has 1 saturated heterocycles. The molecule has 1 N–H and O–H groups in total. The van der Waals surface area contributed by atoms with Crippen molar-refractivity contribution in [2.24, 2.45) is 0 Å². The van der Waals surface area contributed by atoms with E-state index < -0.39 is 4.92 Å². The van der Waals surface area contributed by atoms with Crippen LogP contribution < -0.4 is 5.32 Å². The van der Waals surface area contributed by atoms with Gasteiger partial charge in [-0.3, -0.25) is 19.8 Å². The Kier molecular flexibility index (Phi) is 6.15. The molecule has 7 heteroatoms. The van der Waals surface area contributed by atoms with E-state index in [1.165, 1.54) is 37.5 Å². The molecule has 1 amide bonds. The molecular formula is C15H20ClN3O3. The Labute approximate surface area is 134 Å². The van der Waals surface area contributed by atoms with Gasteiger partial charge in [0, 0.05) is 11.1 Å². The summed E-state index contributed by atoms with van der Waals surface area (Å²) in [4.78, 5) is 24.7. The number of carbonyl (C=O) groups is 1. The maximum absolute atomic E-state index is 12.1. The summed E-state index contributed by atoms with van der Waals surface area (Å²) in [5.74, 6) is -0.244. The molecule has 0 spiro atoms. The van der Waals surface area contributed by atoms with E-state index in [9.17, 15) is 14.9 Å². The number of amides is 1. The number of nitrogens with one attached hydrogen (secondary N) is 1. The Balaban J connectivity index is 1.99. The SMILES string of the molecule is O=C(CN1CCCCCCC1)Nc1cc(Cl)ccc1[N+](=O)[O-]. The number of halogens is 1. The Morgan fingerprint density at radius 1 is 1.23 bits per heavy atom. The molecule has 0 bridgehead atoms. The summed E-state index contributed by atoms with van der Waals surface area (Å²) in [5.41, 5.74) is -0.0000365. The van der Waals surface area contributed by atoms with Crippen LogP contribution >= 0.6 is 11.6 Å². The highest BCUT2D eigenvalue weighted by molar-refractivity contribution is 6.31. The zero-order valence-electron chi connectivity index (χ0n) is 12.4. The van der Waals surface area contributed by atoms with Gasteiger partial charge in [-0.25, -0.2) is 0 Å². The molecule has 0 saturated carbocycles. The third-order valence-electron chi connectivity index (χ3n) is 3.75. The second-order valence-electron chi connectivity index (χ2n) is 5.51. The number of nitro benzene ring substituents is 1. The van der Waals surface area contributed by atoms with Gasteiger partial charge in [-0.2, -0.15) is 0 Å². The largest absolute Gasteiger partial charge is 0.319 e. The summed E-state index contributed by atoms with van der Waals surface area (Å²) in [6, 6.07) is 4.15. The molecule has 1 fully saturated rings. The maximum Gasteiger partial charge on any atom is 0.292 e. The minimum atomic E-state index is -0.526. The van der Waals surface area contributed by atoms with Gasteiger partial charge in [-0.05, 0) is 38.1 Å². The second kappa shape index (κ2) is 8.10. The van der Waals surface area contributed by atoms with Crippen LogP contribution in [-0.2, 0) is 4.79 Å². The highest BCUT2D eigenvalue weighted by Crippen LogP contribution is 2.27. The van der Waals surface area contributed by atoms with Gasteiger partial charge in [-0.15, -0.1) is 0 Å². The monoisotopic (exact) mass is 325 g/mol. The molecule has 1 aromatic carbocycles. The molecule has 0 unspecified atom stereocenters. The average molecular weight is 326 g/mol. The van der Waals surface area contributed by atoms with Gasteiger partial charge in [-0.1, -0.05) is 30.9 Å². The van der Waals surface area contributed by atoms with Crippen LogP contribution in [0.1, 0.15) is 32.1 Å². The number of nitro groups is 1. The molecule has 1 aliphatic rings. The second-order valence-corrected chi connectivity index (χ2v) is 5.95. The fourth-order valence-electron chi connectivity index (χ4n) is 2.63. The molecule has 1 aromatic rings. The van der Waals surface area contributed by atoms with Crippen molar-refractivity contribution in [3.05, 3.63) is 33.3 Å². The zero-order valence-corrected chi connectivity index (χ0v) is 13.1. The van der Waals surface area contributed by atoms with E-state index in [1.807, 2.05) is 0 Å². The molecule has 120 valence electrons. The number of benzene rings is 1. The first kappa shape index (κ1) is 16.7. The van der Waals surface area contributed by atoms with Crippen molar-refractivity contribution in [2.45, 2.75) is 32.1 Å². The summed E-state index contributed by atoms with van der Waals surface area (Å²) in [7, 11) is 0. The van der Waals surface area contributed by atoms with Gasteiger partial charge >= 0.3 is 0 Å². The molecule has 0 radical (unpaired) electrons. The van der Waals surface area contributed by atoms with E-state index in [0.717, 1.165) is 25.9 Å². The van der Waals surface area contributed by atoms with E-state index in [0.29, 0.717) is 5.02 Å². The topological polar surface area (TPSA) is 75.5 Å². The van der Waals surface area contributed by atoms with Crippen molar-refractivity contribution >= 4 is 28.9 Å². The summed E-state index contributed by atoms with van der Waals surface area (Å²) in [5, 5.41) is 14.0. The van der Waals surface area contributed by atoms with Crippen molar-refractivity contribution in [2.75, 3.05) is 25.0 Å². The molecule has 2 rings (SSSR count). The van der Waals surface area contributed by atoms with Crippen molar-refractivity contribution in [1.82, 2.24) is 4.90 Å². The fourth-order valence-corrected chi connectivity index (χ4v) is 2.80. The predicted octanol–water partition coefficient (Wildman–Crippen LogP) is 3.45. The molecule has 0 atom stereocenters. The van der Waals surface area contributed by atoms with Gasteiger partial charge in [0.2, 0.25) is 5.91 Å². The van der Waals surface area contributed by atoms with Crippen molar-refractivity contribution in [1.29, 1.82) is 0 Å². The van der Waals surface area contributed by atoms with Crippen LogP contribution in [0.25, 0.3) is 0 Å². The first-order valence-corrected chi connectivity index (χ1v) is 7.90. The van der Waals surface area contributed by atoms with Gasteiger partial charge in [0.05, 0.1) is 11.5 Å².